The summed E-state index contributed by atoms with van der Waals surface area (Å²) in [4.78, 5) is 0. The Balaban J connectivity index is 2.22. The van der Waals surface area contributed by atoms with Gasteiger partial charge in [0, 0.05) is 0 Å². The minimum absolute atomic E-state index is 0.436. The number of rotatable bonds is 13. The van der Waals surface area contributed by atoms with Gasteiger partial charge < -0.3 is 5.73 Å². The zero-order chi connectivity index (χ0) is 24.1. The Labute approximate surface area is 208 Å². The molecule has 3 fully saturated rings. The maximum atomic E-state index is 6.06. The van der Waals surface area contributed by atoms with Crippen molar-refractivity contribution in [2.24, 2.45) is 52.1 Å². The van der Waals surface area contributed by atoms with Crippen LogP contribution in [0.3, 0.4) is 0 Å². The zero-order valence-electron chi connectivity index (χ0n) is 23.4. The first-order chi connectivity index (χ1) is 16.0. The maximum Gasteiger partial charge on any atom is -0.0000489 e. The van der Waals surface area contributed by atoms with Crippen LogP contribution in [0, 0.1) is 46.3 Å². The molecular weight excluding hydrogens is 398 g/mol. The highest BCUT2D eigenvalue weighted by molar-refractivity contribution is 5.30. The third kappa shape index (κ3) is 4.51. The summed E-state index contributed by atoms with van der Waals surface area (Å²) in [6, 6.07) is 0. The molecule has 0 aromatic rings. The summed E-state index contributed by atoms with van der Waals surface area (Å²) in [7, 11) is 0. The molecule has 0 bridgehead atoms. The van der Waals surface area contributed by atoms with E-state index in [1.165, 1.54) is 96.3 Å². The quantitative estimate of drug-likeness (QED) is 0.274. The van der Waals surface area contributed by atoms with Crippen molar-refractivity contribution in [3.63, 3.8) is 0 Å². The molecule has 33 heavy (non-hydrogen) atoms. The average molecular weight is 458 g/mol. The van der Waals surface area contributed by atoms with Gasteiger partial charge in [0.25, 0.3) is 0 Å². The molecule has 0 aromatic carbocycles. The van der Waals surface area contributed by atoms with Gasteiger partial charge in [-0.2, -0.15) is 0 Å². The Kier molecular flexibility index (Phi) is 10.0. The number of hydrogen-bond acceptors (Lipinski definition) is 1. The molecule has 3 saturated carbocycles. The predicted molar refractivity (Wildman–Crippen MR) is 146 cm³/mol. The van der Waals surface area contributed by atoms with Gasteiger partial charge in [0.1, 0.15) is 0 Å². The molecule has 3 rings (SSSR count). The van der Waals surface area contributed by atoms with Crippen molar-refractivity contribution in [2.75, 3.05) is 6.54 Å². The van der Waals surface area contributed by atoms with Crippen LogP contribution in [0.4, 0.5) is 0 Å². The van der Waals surface area contributed by atoms with E-state index >= 15 is 0 Å². The average Bonchev–Trinajstić information content (AvgIpc) is 3.26. The van der Waals surface area contributed by atoms with E-state index in [0.29, 0.717) is 10.8 Å². The molecule has 0 saturated heterocycles. The van der Waals surface area contributed by atoms with Crippen LogP contribution in [-0.4, -0.2) is 6.54 Å². The molecule has 0 aromatic heterocycles. The lowest BCUT2D eigenvalue weighted by Gasteiger charge is -2.49. The van der Waals surface area contributed by atoms with Gasteiger partial charge >= 0.3 is 0 Å². The second-order valence-electron chi connectivity index (χ2n) is 12.5. The van der Waals surface area contributed by atoms with Crippen LogP contribution in [-0.2, 0) is 0 Å². The van der Waals surface area contributed by atoms with E-state index in [0.717, 1.165) is 42.1 Å². The van der Waals surface area contributed by atoms with E-state index in [1.807, 2.05) is 0 Å². The molecule has 3 aliphatic rings. The summed E-state index contributed by atoms with van der Waals surface area (Å²) < 4.78 is 0. The van der Waals surface area contributed by atoms with Gasteiger partial charge in [-0.15, -0.1) is 0 Å². The fraction of sp³-hybridized carbons (Fsp3) is 0.938. The zero-order valence-corrected chi connectivity index (χ0v) is 23.4. The van der Waals surface area contributed by atoms with E-state index < -0.39 is 0 Å². The summed E-state index contributed by atoms with van der Waals surface area (Å²) in [5.74, 6) is 5.49. The van der Waals surface area contributed by atoms with E-state index in [-0.39, 0.29) is 0 Å². The Hall–Kier alpha value is -0.300. The van der Waals surface area contributed by atoms with Crippen LogP contribution in [0.2, 0.25) is 0 Å². The minimum Gasteiger partial charge on any atom is -0.330 e. The van der Waals surface area contributed by atoms with Gasteiger partial charge in [0.15, 0.2) is 0 Å². The minimum atomic E-state index is 0.436. The number of unbranched alkanes of at least 4 members (excludes halogenated alkanes) is 2. The van der Waals surface area contributed by atoms with Crippen LogP contribution in [0.25, 0.3) is 0 Å². The third-order valence-corrected chi connectivity index (χ3v) is 11.3. The summed E-state index contributed by atoms with van der Waals surface area (Å²) in [6.07, 6.45) is 23.9. The Morgan fingerprint density at radius 3 is 2.27 bits per heavy atom. The van der Waals surface area contributed by atoms with E-state index in [1.54, 1.807) is 5.57 Å². The summed E-state index contributed by atoms with van der Waals surface area (Å²) in [5.41, 5.74) is 8.92. The lowest BCUT2D eigenvalue weighted by Crippen LogP contribution is -2.42. The SMILES string of the molecule is CC/C=C(\C)C1(C(C)CC)C(CCCC)C(CCCC)C23CCCCC2C(CCCN)CC31. The smallest absolute Gasteiger partial charge is 0.0000489 e. The molecule has 2 N–H and O–H groups in total. The maximum absolute atomic E-state index is 6.06. The monoisotopic (exact) mass is 457 g/mol. The van der Waals surface area contributed by atoms with E-state index in [9.17, 15) is 0 Å². The lowest BCUT2D eigenvalue weighted by molar-refractivity contribution is 0.0115. The van der Waals surface area contributed by atoms with Crippen molar-refractivity contribution < 1.29 is 0 Å². The summed E-state index contributed by atoms with van der Waals surface area (Å²) in [5, 5.41) is 0. The highest BCUT2D eigenvalue weighted by Crippen LogP contribution is 2.79. The van der Waals surface area contributed by atoms with Gasteiger partial charge in [-0.05, 0) is 111 Å². The fourth-order valence-corrected chi connectivity index (χ4v) is 10.3. The van der Waals surface area contributed by atoms with Crippen molar-refractivity contribution in [3.05, 3.63) is 11.6 Å². The van der Waals surface area contributed by atoms with E-state index in [4.69, 9.17) is 5.73 Å². The molecule has 8 unspecified atom stereocenters. The van der Waals surface area contributed by atoms with Gasteiger partial charge in [0.2, 0.25) is 0 Å². The molecule has 192 valence electrons. The Morgan fingerprint density at radius 1 is 0.970 bits per heavy atom. The molecule has 0 aliphatic heterocycles. The molecule has 1 heteroatoms. The molecule has 3 aliphatic carbocycles. The number of nitrogens with two attached hydrogens (primary N) is 1. The van der Waals surface area contributed by atoms with Crippen molar-refractivity contribution in [1.29, 1.82) is 0 Å². The first-order valence-electron chi connectivity index (χ1n) is 15.4. The van der Waals surface area contributed by atoms with Gasteiger partial charge in [-0.25, -0.2) is 0 Å². The highest BCUT2D eigenvalue weighted by Gasteiger charge is 2.73. The van der Waals surface area contributed by atoms with Crippen LogP contribution in [0.1, 0.15) is 138 Å². The van der Waals surface area contributed by atoms with Crippen LogP contribution >= 0.6 is 0 Å². The Bertz CT molecular complexity index is 622. The topological polar surface area (TPSA) is 26.0 Å². The van der Waals surface area contributed by atoms with Crippen LogP contribution in [0.5, 0.6) is 0 Å². The lowest BCUT2D eigenvalue weighted by atomic mass is 9.55. The molecule has 1 nitrogen and oxygen atoms in total. The highest BCUT2D eigenvalue weighted by atomic mass is 14.8. The first-order valence-corrected chi connectivity index (χ1v) is 15.4. The van der Waals surface area contributed by atoms with Crippen LogP contribution in [0.15, 0.2) is 11.6 Å². The first kappa shape index (κ1) is 27.3. The van der Waals surface area contributed by atoms with Gasteiger partial charge in [-0.3, -0.25) is 0 Å². The fourth-order valence-electron chi connectivity index (χ4n) is 10.3. The van der Waals surface area contributed by atoms with Gasteiger partial charge in [-0.1, -0.05) is 91.2 Å². The summed E-state index contributed by atoms with van der Waals surface area (Å²) in [6.45, 7) is 15.8. The standard InChI is InChI=1S/C32H59N/c1-7-11-18-28-29(19-12-8-2)32(24(5)10-4,25(6)16-9-3)30-23-26(17-15-22-33)27-20-13-14-21-31(27,28)30/h16,24,26-30H,7-15,17-23,33H2,1-6H3/b25-16+. The van der Waals surface area contributed by atoms with Crippen molar-refractivity contribution >= 4 is 0 Å². The molecule has 0 heterocycles. The normalized spacial score (nSPS) is 39.5. The van der Waals surface area contributed by atoms with Gasteiger partial charge in [0.05, 0.1) is 0 Å². The predicted octanol–water partition coefficient (Wildman–Crippen LogP) is 9.55. The molecular formula is C32H59N. The van der Waals surface area contributed by atoms with Crippen LogP contribution < -0.4 is 5.73 Å². The molecule has 0 radical (unpaired) electrons. The number of allylic oxidation sites excluding steroid dienone is 2. The Morgan fingerprint density at radius 2 is 1.67 bits per heavy atom. The summed E-state index contributed by atoms with van der Waals surface area (Å²) >= 11 is 0. The van der Waals surface area contributed by atoms with E-state index in [2.05, 4.69) is 47.6 Å². The second kappa shape index (κ2) is 12.1. The molecule has 1 spiro atoms. The molecule has 8 atom stereocenters. The largest absolute Gasteiger partial charge is 0.330 e. The van der Waals surface area contributed by atoms with Crippen molar-refractivity contribution in [1.82, 2.24) is 0 Å². The second-order valence-corrected chi connectivity index (χ2v) is 12.5. The number of hydrogen-bond donors (Lipinski definition) is 1. The molecule has 0 amide bonds. The third-order valence-electron chi connectivity index (χ3n) is 11.3. The van der Waals surface area contributed by atoms with Crippen molar-refractivity contribution in [2.45, 2.75) is 138 Å². The van der Waals surface area contributed by atoms with Crippen molar-refractivity contribution in [3.8, 4) is 0 Å².